The van der Waals surface area contributed by atoms with Gasteiger partial charge in [-0.15, -0.1) is 0 Å². The fraction of sp³-hybridized carbons (Fsp3) is 0.538. The Balaban J connectivity index is 2.17. The van der Waals surface area contributed by atoms with Crippen LogP contribution in [0.25, 0.3) is 0 Å². The highest BCUT2D eigenvalue weighted by Gasteiger charge is 2.19. The quantitative estimate of drug-likeness (QED) is 0.659. The van der Waals surface area contributed by atoms with E-state index in [2.05, 4.69) is 4.90 Å². The molecule has 0 spiro atoms. The lowest BCUT2D eigenvalue weighted by molar-refractivity contribution is -0.385. The molecule has 1 aromatic rings. The summed E-state index contributed by atoms with van der Waals surface area (Å²) in [6.45, 7) is 2.43. The number of ether oxygens (including phenoxy) is 1. The zero-order chi connectivity index (χ0) is 13.8. The van der Waals surface area contributed by atoms with Gasteiger partial charge in [0.05, 0.1) is 12.0 Å². The number of nitrogens with two attached hydrogens (primary N) is 1. The lowest BCUT2D eigenvalue weighted by Gasteiger charge is -2.30. The monoisotopic (exact) mass is 265 g/mol. The van der Waals surface area contributed by atoms with Gasteiger partial charge in [0.25, 0.3) is 5.69 Å². The maximum atomic E-state index is 10.8. The average Bonchev–Trinajstić information content (AvgIpc) is 2.38. The van der Waals surface area contributed by atoms with E-state index in [1.807, 2.05) is 0 Å². The van der Waals surface area contributed by atoms with Crippen LogP contribution in [0, 0.1) is 10.1 Å². The Morgan fingerprint density at radius 1 is 1.58 bits per heavy atom. The minimum atomic E-state index is -0.384. The number of non-ortho nitro benzene ring substituents is 1. The number of rotatable bonds is 4. The molecule has 0 radical (unpaired) electrons. The summed E-state index contributed by atoms with van der Waals surface area (Å²) in [7, 11) is 1.58. The van der Waals surface area contributed by atoms with Gasteiger partial charge >= 0.3 is 0 Å². The van der Waals surface area contributed by atoms with Crippen molar-refractivity contribution in [2.45, 2.75) is 25.4 Å². The standard InChI is InChI=1S/C13H19N3O3/c1-19-13-5-4-12(16(17)18)7-10(13)8-15-6-2-3-11(14)9-15/h4-5,7,11H,2-3,6,8-9,14H2,1H3/t11-/m1/s1. The largest absolute Gasteiger partial charge is 0.496 e. The van der Waals surface area contributed by atoms with E-state index in [1.165, 1.54) is 6.07 Å². The van der Waals surface area contributed by atoms with Crippen molar-refractivity contribution in [1.82, 2.24) is 4.90 Å². The summed E-state index contributed by atoms with van der Waals surface area (Å²) >= 11 is 0. The summed E-state index contributed by atoms with van der Waals surface area (Å²) in [5.74, 6) is 0.685. The lowest BCUT2D eigenvalue weighted by atomic mass is 10.1. The number of nitro groups is 1. The van der Waals surface area contributed by atoms with E-state index in [1.54, 1.807) is 19.2 Å². The number of benzene rings is 1. The summed E-state index contributed by atoms with van der Waals surface area (Å²) in [6.07, 6.45) is 2.11. The van der Waals surface area contributed by atoms with Crippen LogP contribution in [0.5, 0.6) is 5.75 Å². The van der Waals surface area contributed by atoms with Crippen LogP contribution in [0.2, 0.25) is 0 Å². The summed E-state index contributed by atoms with van der Waals surface area (Å²) in [5.41, 5.74) is 6.88. The van der Waals surface area contributed by atoms with Crippen molar-refractivity contribution in [3.8, 4) is 5.75 Å². The average molecular weight is 265 g/mol. The third-order valence-corrected chi connectivity index (χ3v) is 3.41. The van der Waals surface area contributed by atoms with E-state index in [0.29, 0.717) is 12.3 Å². The van der Waals surface area contributed by atoms with Gasteiger partial charge in [0.1, 0.15) is 5.75 Å². The van der Waals surface area contributed by atoms with Crippen LogP contribution < -0.4 is 10.5 Å². The second kappa shape index (κ2) is 5.99. The molecular formula is C13H19N3O3. The first kappa shape index (κ1) is 13.8. The topological polar surface area (TPSA) is 81.6 Å². The number of piperidine rings is 1. The molecule has 1 aliphatic heterocycles. The molecule has 2 N–H and O–H groups in total. The predicted molar refractivity (Wildman–Crippen MR) is 72.1 cm³/mol. The highest BCUT2D eigenvalue weighted by Crippen LogP contribution is 2.26. The van der Waals surface area contributed by atoms with Gasteiger partial charge in [-0.2, -0.15) is 0 Å². The van der Waals surface area contributed by atoms with Crippen LogP contribution in [0.4, 0.5) is 5.69 Å². The fourth-order valence-corrected chi connectivity index (χ4v) is 2.48. The number of likely N-dealkylation sites (tertiary alicyclic amines) is 1. The van der Waals surface area contributed by atoms with E-state index in [0.717, 1.165) is 31.5 Å². The molecule has 1 fully saturated rings. The Morgan fingerprint density at radius 2 is 2.37 bits per heavy atom. The molecule has 0 aromatic heterocycles. The van der Waals surface area contributed by atoms with Gasteiger partial charge in [0, 0.05) is 36.8 Å². The smallest absolute Gasteiger partial charge is 0.270 e. The van der Waals surface area contributed by atoms with Crippen molar-refractivity contribution in [3.05, 3.63) is 33.9 Å². The highest BCUT2D eigenvalue weighted by molar-refractivity contribution is 5.43. The molecule has 19 heavy (non-hydrogen) atoms. The van der Waals surface area contributed by atoms with Crippen LogP contribution in [0.15, 0.2) is 18.2 Å². The van der Waals surface area contributed by atoms with E-state index in [9.17, 15) is 10.1 Å². The van der Waals surface area contributed by atoms with Crippen molar-refractivity contribution in [3.63, 3.8) is 0 Å². The molecule has 1 saturated heterocycles. The Kier molecular flexibility index (Phi) is 4.34. The zero-order valence-corrected chi connectivity index (χ0v) is 11.0. The van der Waals surface area contributed by atoms with Gasteiger partial charge in [0.2, 0.25) is 0 Å². The normalized spacial score (nSPS) is 20.2. The molecule has 0 unspecified atom stereocenters. The summed E-state index contributed by atoms with van der Waals surface area (Å²) in [6, 6.07) is 4.89. The van der Waals surface area contributed by atoms with Gasteiger partial charge in [-0.25, -0.2) is 0 Å². The Morgan fingerprint density at radius 3 is 3.00 bits per heavy atom. The summed E-state index contributed by atoms with van der Waals surface area (Å²) in [4.78, 5) is 12.7. The molecule has 1 heterocycles. The molecule has 0 saturated carbocycles. The van der Waals surface area contributed by atoms with Gasteiger partial charge in [-0.3, -0.25) is 15.0 Å². The number of hydrogen-bond donors (Lipinski definition) is 1. The van der Waals surface area contributed by atoms with Crippen LogP contribution in [0.3, 0.4) is 0 Å². The van der Waals surface area contributed by atoms with Gasteiger partial charge in [-0.1, -0.05) is 0 Å². The Labute approximate surface area is 112 Å². The fourth-order valence-electron chi connectivity index (χ4n) is 2.48. The molecule has 1 aliphatic rings. The number of hydrogen-bond acceptors (Lipinski definition) is 5. The molecule has 104 valence electrons. The Hall–Kier alpha value is -1.66. The van der Waals surface area contributed by atoms with Crippen molar-refractivity contribution in [2.75, 3.05) is 20.2 Å². The van der Waals surface area contributed by atoms with Crippen molar-refractivity contribution >= 4 is 5.69 Å². The van der Waals surface area contributed by atoms with Crippen LogP contribution >= 0.6 is 0 Å². The molecule has 1 atom stereocenters. The zero-order valence-electron chi connectivity index (χ0n) is 11.0. The second-order valence-electron chi connectivity index (χ2n) is 4.89. The van der Waals surface area contributed by atoms with E-state index < -0.39 is 0 Å². The van der Waals surface area contributed by atoms with Crippen molar-refractivity contribution in [1.29, 1.82) is 0 Å². The van der Waals surface area contributed by atoms with Gasteiger partial charge < -0.3 is 10.5 Å². The second-order valence-corrected chi connectivity index (χ2v) is 4.89. The molecule has 0 amide bonds. The Bertz CT molecular complexity index is 464. The molecule has 2 rings (SSSR count). The number of methoxy groups -OCH3 is 1. The maximum absolute atomic E-state index is 10.8. The maximum Gasteiger partial charge on any atom is 0.270 e. The number of nitro benzene ring substituents is 1. The molecule has 1 aromatic carbocycles. The highest BCUT2D eigenvalue weighted by atomic mass is 16.6. The molecule has 0 aliphatic carbocycles. The van der Waals surface area contributed by atoms with Crippen LogP contribution in [-0.2, 0) is 6.54 Å². The van der Waals surface area contributed by atoms with E-state index in [-0.39, 0.29) is 16.7 Å². The van der Waals surface area contributed by atoms with Crippen LogP contribution in [0.1, 0.15) is 18.4 Å². The summed E-state index contributed by atoms with van der Waals surface area (Å²) < 4.78 is 5.27. The van der Waals surface area contributed by atoms with Crippen LogP contribution in [-0.4, -0.2) is 36.1 Å². The first-order valence-corrected chi connectivity index (χ1v) is 6.39. The number of nitrogens with zero attached hydrogens (tertiary/aromatic N) is 2. The third kappa shape index (κ3) is 3.42. The minimum Gasteiger partial charge on any atom is -0.496 e. The van der Waals surface area contributed by atoms with Gasteiger partial charge in [-0.05, 0) is 25.5 Å². The van der Waals surface area contributed by atoms with E-state index in [4.69, 9.17) is 10.5 Å². The first-order chi connectivity index (χ1) is 9.10. The summed E-state index contributed by atoms with van der Waals surface area (Å²) in [5, 5.41) is 10.8. The van der Waals surface area contributed by atoms with Crippen molar-refractivity contribution < 1.29 is 9.66 Å². The predicted octanol–water partition coefficient (Wildman–Crippen LogP) is 1.53. The first-order valence-electron chi connectivity index (χ1n) is 6.39. The minimum absolute atomic E-state index is 0.0945. The SMILES string of the molecule is COc1ccc([N+](=O)[O-])cc1CN1CCC[C@@H](N)C1. The molecule has 6 nitrogen and oxygen atoms in total. The van der Waals surface area contributed by atoms with E-state index >= 15 is 0 Å². The third-order valence-electron chi connectivity index (χ3n) is 3.41. The lowest BCUT2D eigenvalue weighted by Crippen LogP contribution is -2.42. The van der Waals surface area contributed by atoms with Gasteiger partial charge in [0.15, 0.2) is 0 Å². The molecular weight excluding hydrogens is 246 g/mol. The molecule has 6 heteroatoms. The molecule has 0 bridgehead atoms. The van der Waals surface area contributed by atoms with Crippen molar-refractivity contribution in [2.24, 2.45) is 5.73 Å².